The SMILES string of the molecule is O=C(Cc1c[nH]c2ccccc12)NCC(Cc1ccccc1)N1CCCC1. The molecular weight excluding hydrogens is 334 g/mol. The van der Waals surface area contributed by atoms with Gasteiger partial charge in [-0.15, -0.1) is 0 Å². The lowest BCUT2D eigenvalue weighted by molar-refractivity contribution is -0.120. The van der Waals surface area contributed by atoms with E-state index in [2.05, 4.69) is 51.6 Å². The van der Waals surface area contributed by atoms with Gasteiger partial charge >= 0.3 is 0 Å². The Bertz CT molecular complexity index is 881. The number of aromatic nitrogens is 1. The van der Waals surface area contributed by atoms with E-state index < -0.39 is 0 Å². The van der Waals surface area contributed by atoms with Crippen molar-refractivity contribution in [3.8, 4) is 0 Å². The Hall–Kier alpha value is -2.59. The third kappa shape index (κ3) is 4.40. The summed E-state index contributed by atoms with van der Waals surface area (Å²) in [7, 11) is 0. The van der Waals surface area contributed by atoms with Crippen LogP contribution in [0.5, 0.6) is 0 Å². The van der Waals surface area contributed by atoms with Crippen LogP contribution in [-0.4, -0.2) is 41.5 Å². The van der Waals surface area contributed by atoms with Crippen molar-refractivity contribution in [2.45, 2.75) is 31.7 Å². The number of nitrogens with zero attached hydrogens (tertiary/aromatic N) is 1. The van der Waals surface area contributed by atoms with E-state index in [9.17, 15) is 4.79 Å². The number of benzene rings is 2. The van der Waals surface area contributed by atoms with Gasteiger partial charge in [0.1, 0.15) is 0 Å². The highest BCUT2D eigenvalue weighted by molar-refractivity contribution is 5.88. The average Bonchev–Trinajstić information content (AvgIpc) is 3.37. The second-order valence-corrected chi connectivity index (χ2v) is 7.43. The minimum Gasteiger partial charge on any atom is -0.361 e. The standard InChI is InChI=1S/C23H27N3O/c27-23(15-19-16-24-22-11-5-4-10-21(19)22)25-17-20(26-12-6-7-13-26)14-18-8-2-1-3-9-18/h1-5,8-11,16,20,24H,6-7,12-15,17H2,(H,25,27). The monoisotopic (exact) mass is 361 g/mol. The molecule has 1 aromatic heterocycles. The van der Waals surface area contributed by atoms with Crippen LogP contribution in [0.4, 0.5) is 0 Å². The Morgan fingerprint density at radius 3 is 2.59 bits per heavy atom. The number of nitrogens with one attached hydrogen (secondary N) is 2. The van der Waals surface area contributed by atoms with Crippen LogP contribution in [0.1, 0.15) is 24.0 Å². The van der Waals surface area contributed by atoms with Crippen LogP contribution in [0.25, 0.3) is 10.9 Å². The molecular formula is C23H27N3O. The first-order valence-electron chi connectivity index (χ1n) is 9.89. The number of aromatic amines is 1. The highest BCUT2D eigenvalue weighted by Crippen LogP contribution is 2.18. The largest absolute Gasteiger partial charge is 0.361 e. The second kappa shape index (κ2) is 8.40. The summed E-state index contributed by atoms with van der Waals surface area (Å²) >= 11 is 0. The lowest BCUT2D eigenvalue weighted by Crippen LogP contribution is -2.44. The van der Waals surface area contributed by atoms with Gasteiger partial charge in [0.15, 0.2) is 0 Å². The van der Waals surface area contributed by atoms with Gasteiger partial charge in [0.25, 0.3) is 0 Å². The summed E-state index contributed by atoms with van der Waals surface area (Å²) in [5.74, 6) is 0.0945. The summed E-state index contributed by atoms with van der Waals surface area (Å²) in [6, 6.07) is 19.1. The van der Waals surface area contributed by atoms with E-state index in [-0.39, 0.29) is 5.91 Å². The normalized spacial score (nSPS) is 15.9. The quantitative estimate of drug-likeness (QED) is 0.676. The fraction of sp³-hybridized carbons (Fsp3) is 0.348. The van der Waals surface area contributed by atoms with Crippen molar-refractivity contribution < 1.29 is 4.79 Å². The number of hydrogen-bond acceptors (Lipinski definition) is 2. The molecule has 1 aliphatic heterocycles. The first-order valence-corrected chi connectivity index (χ1v) is 9.89. The molecule has 2 aromatic carbocycles. The molecule has 2 N–H and O–H groups in total. The molecule has 2 heterocycles. The number of H-pyrrole nitrogens is 1. The van der Waals surface area contributed by atoms with Gasteiger partial charge in [0, 0.05) is 29.7 Å². The molecule has 1 atom stereocenters. The van der Waals surface area contributed by atoms with Crippen molar-refractivity contribution in [1.29, 1.82) is 0 Å². The van der Waals surface area contributed by atoms with Crippen LogP contribution in [-0.2, 0) is 17.6 Å². The van der Waals surface area contributed by atoms with E-state index in [0.717, 1.165) is 36.0 Å². The van der Waals surface area contributed by atoms with Crippen molar-refractivity contribution in [2.75, 3.05) is 19.6 Å². The first kappa shape index (κ1) is 17.8. The zero-order chi connectivity index (χ0) is 18.5. The van der Waals surface area contributed by atoms with E-state index in [1.807, 2.05) is 24.4 Å². The Morgan fingerprint density at radius 1 is 1.04 bits per heavy atom. The summed E-state index contributed by atoms with van der Waals surface area (Å²) in [5.41, 5.74) is 3.48. The third-order valence-electron chi connectivity index (χ3n) is 5.53. The fourth-order valence-electron chi connectivity index (χ4n) is 4.07. The Labute approximate surface area is 160 Å². The first-order chi connectivity index (χ1) is 13.3. The van der Waals surface area contributed by atoms with Gasteiger partial charge in [-0.1, -0.05) is 48.5 Å². The maximum absolute atomic E-state index is 12.6. The zero-order valence-electron chi connectivity index (χ0n) is 15.7. The average molecular weight is 361 g/mol. The molecule has 1 unspecified atom stereocenters. The molecule has 0 spiro atoms. The molecule has 1 amide bonds. The number of para-hydroxylation sites is 1. The molecule has 140 valence electrons. The van der Waals surface area contributed by atoms with Crippen LogP contribution >= 0.6 is 0 Å². The van der Waals surface area contributed by atoms with Gasteiger partial charge in [-0.3, -0.25) is 9.69 Å². The lowest BCUT2D eigenvalue weighted by Gasteiger charge is -2.28. The molecule has 1 aliphatic rings. The number of fused-ring (bicyclic) bond motifs is 1. The summed E-state index contributed by atoms with van der Waals surface area (Å²) < 4.78 is 0. The molecule has 1 saturated heterocycles. The van der Waals surface area contributed by atoms with E-state index in [1.54, 1.807) is 0 Å². The molecule has 0 radical (unpaired) electrons. The summed E-state index contributed by atoms with van der Waals surface area (Å²) in [4.78, 5) is 18.4. The molecule has 0 saturated carbocycles. The Kier molecular flexibility index (Phi) is 5.54. The summed E-state index contributed by atoms with van der Waals surface area (Å²) in [6.45, 7) is 2.97. The minimum atomic E-state index is 0.0945. The minimum absolute atomic E-state index is 0.0945. The van der Waals surface area contributed by atoms with Crippen LogP contribution in [0.15, 0.2) is 60.8 Å². The Balaban J connectivity index is 1.38. The van der Waals surface area contributed by atoms with Crippen LogP contribution in [0.2, 0.25) is 0 Å². The van der Waals surface area contributed by atoms with Crippen LogP contribution in [0.3, 0.4) is 0 Å². The van der Waals surface area contributed by atoms with E-state index in [4.69, 9.17) is 0 Å². The van der Waals surface area contributed by atoms with Gasteiger partial charge in [-0.25, -0.2) is 0 Å². The lowest BCUT2D eigenvalue weighted by atomic mass is 10.0. The molecule has 27 heavy (non-hydrogen) atoms. The van der Waals surface area contributed by atoms with Gasteiger partial charge in [-0.2, -0.15) is 0 Å². The molecule has 0 bridgehead atoms. The van der Waals surface area contributed by atoms with Crippen LogP contribution < -0.4 is 5.32 Å². The summed E-state index contributed by atoms with van der Waals surface area (Å²) in [6.07, 6.45) is 5.87. The van der Waals surface area contributed by atoms with E-state index in [0.29, 0.717) is 19.0 Å². The highest BCUT2D eigenvalue weighted by Gasteiger charge is 2.22. The topological polar surface area (TPSA) is 48.1 Å². The predicted molar refractivity (Wildman–Crippen MR) is 110 cm³/mol. The smallest absolute Gasteiger partial charge is 0.224 e. The van der Waals surface area contributed by atoms with E-state index >= 15 is 0 Å². The maximum atomic E-state index is 12.6. The number of rotatable bonds is 7. The third-order valence-corrected chi connectivity index (χ3v) is 5.53. The molecule has 1 fully saturated rings. The molecule has 4 rings (SSSR count). The van der Waals surface area contributed by atoms with Crippen LogP contribution in [0, 0.1) is 0 Å². The number of hydrogen-bond donors (Lipinski definition) is 2. The zero-order valence-corrected chi connectivity index (χ0v) is 15.7. The molecule has 4 nitrogen and oxygen atoms in total. The van der Waals surface area contributed by atoms with Gasteiger partial charge in [0.2, 0.25) is 5.91 Å². The fourth-order valence-corrected chi connectivity index (χ4v) is 4.07. The van der Waals surface area contributed by atoms with Crippen molar-refractivity contribution in [3.05, 3.63) is 71.9 Å². The highest BCUT2D eigenvalue weighted by atomic mass is 16.1. The van der Waals surface area contributed by atoms with Gasteiger partial charge < -0.3 is 10.3 Å². The number of amides is 1. The molecule has 4 heteroatoms. The number of likely N-dealkylation sites (tertiary alicyclic amines) is 1. The number of carbonyl (C=O) groups excluding carboxylic acids is 1. The Morgan fingerprint density at radius 2 is 1.78 bits per heavy atom. The van der Waals surface area contributed by atoms with Gasteiger partial charge in [0.05, 0.1) is 6.42 Å². The van der Waals surface area contributed by atoms with Crippen molar-refractivity contribution >= 4 is 16.8 Å². The molecule has 3 aromatic rings. The van der Waals surface area contributed by atoms with Crippen molar-refractivity contribution in [3.63, 3.8) is 0 Å². The maximum Gasteiger partial charge on any atom is 0.224 e. The van der Waals surface area contributed by atoms with Crippen molar-refractivity contribution in [1.82, 2.24) is 15.2 Å². The molecule has 0 aliphatic carbocycles. The number of carbonyl (C=O) groups is 1. The van der Waals surface area contributed by atoms with Crippen molar-refractivity contribution in [2.24, 2.45) is 0 Å². The predicted octanol–water partition coefficient (Wildman–Crippen LogP) is 3.53. The second-order valence-electron chi connectivity index (χ2n) is 7.43. The summed E-state index contributed by atoms with van der Waals surface area (Å²) in [5, 5.41) is 4.32. The van der Waals surface area contributed by atoms with Gasteiger partial charge in [-0.05, 0) is 49.5 Å². The van der Waals surface area contributed by atoms with E-state index in [1.165, 1.54) is 18.4 Å².